The summed E-state index contributed by atoms with van der Waals surface area (Å²) in [7, 11) is 0. The van der Waals surface area contributed by atoms with Crippen molar-refractivity contribution in [2.24, 2.45) is 0 Å². The second-order valence-corrected chi connectivity index (χ2v) is 6.45. The average Bonchev–Trinajstić information content (AvgIpc) is 3.05. The van der Waals surface area contributed by atoms with Crippen molar-refractivity contribution < 1.29 is 0 Å². The summed E-state index contributed by atoms with van der Waals surface area (Å²) in [4.78, 5) is 1.30. The Morgan fingerprint density at radius 1 is 0.875 bits per heavy atom. The van der Waals surface area contributed by atoms with Gasteiger partial charge >= 0.3 is 0 Å². The van der Waals surface area contributed by atoms with Crippen LogP contribution >= 0.6 is 11.3 Å². The first-order valence-corrected chi connectivity index (χ1v) is 9.54. The Kier molecular flexibility index (Phi) is 7.02. The Balaban J connectivity index is 0.00000100. The van der Waals surface area contributed by atoms with Crippen LogP contribution in [0.15, 0.2) is 66.8 Å². The molecule has 2 aromatic carbocycles. The summed E-state index contributed by atoms with van der Waals surface area (Å²) in [5, 5.41) is 1.32. The van der Waals surface area contributed by atoms with Gasteiger partial charge in [0.1, 0.15) is 0 Å². The van der Waals surface area contributed by atoms with Crippen LogP contribution in [0.3, 0.4) is 0 Å². The summed E-state index contributed by atoms with van der Waals surface area (Å²) >= 11 is 1.84. The molecule has 0 saturated heterocycles. The lowest BCUT2D eigenvalue weighted by Gasteiger charge is -2.03. The fraction of sp³-hybridized carbons (Fsp3) is 0.217. The SMILES string of the molecule is C/C=C\C=C/c1cc2ccc(-c3ccc(CC)cc3)cc2s1.CC. The molecule has 1 heteroatoms. The van der Waals surface area contributed by atoms with Crippen LogP contribution in [0.1, 0.15) is 38.1 Å². The fourth-order valence-electron chi connectivity index (χ4n) is 2.51. The Morgan fingerprint density at radius 3 is 2.25 bits per heavy atom. The summed E-state index contributed by atoms with van der Waals surface area (Å²) in [5.41, 5.74) is 3.97. The van der Waals surface area contributed by atoms with E-state index < -0.39 is 0 Å². The third kappa shape index (κ3) is 4.46. The van der Waals surface area contributed by atoms with Crippen LogP contribution < -0.4 is 0 Å². The van der Waals surface area contributed by atoms with E-state index in [9.17, 15) is 0 Å². The zero-order chi connectivity index (χ0) is 17.4. The smallest absolute Gasteiger partial charge is 0.0355 e. The molecule has 24 heavy (non-hydrogen) atoms. The number of hydrogen-bond donors (Lipinski definition) is 0. The highest BCUT2D eigenvalue weighted by atomic mass is 32.1. The van der Waals surface area contributed by atoms with Gasteiger partial charge in [0.15, 0.2) is 0 Å². The van der Waals surface area contributed by atoms with Gasteiger partial charge in [0.2, 0.25) is 0 Å². The van der Waals surface area contributed by atoms with Crippen LogP contribution in [0.4, 0.5) is 0 Å². The first-order valence-electron chi connectivity index (χ1n) is 8.72. The van der Waals surface area contributed by atoms with Crippen LogP contribution in [-0.2, 0) is 6.42 Å². The maximum atomic E-state index is 2.30. The van der Waals surface area contributed by atoms with Crippen molar-refractivity contribution in [3.63, 3.8) is 0 Å². The number of allylic oxidation sites excluding steroid dienone is 3. The summed E-state index contributed by atoms with van der Waals surface area (Å²) < 4.78 is 1.34. The lowest BCUT2D eigenvalue weighted by atomic mass is 10.0. The van der Waals surface area contributed by atoms with Gasteiger partial charge in [-0.15, -0.1) is 11.3 Å². The molecule has 0 aliphatic rings. The molecule has 1 heterocycles. The van der Waals surface area contributed by atoms with Crippen LogP contribution in [0.25, 0.3) is 27.3 Å². The van der Waals surface area contributed by atoms with Crippen molar-refractivity contribution >= 4 is 27.5 Å². The molecular weight excluding hydrogens is 308 g/mol. The van der Waals surface area contributed by atoms with Crippen molar-refractivity contribution in [2.45, 2.75) is 34.1 Å². The third-order valence-electron chi connectivity index (χ3n) is 3.80. The summed E-state index contributed by atoms with van der Waals surface area (Å²) in [6, 6.07) is 17.9. The minimum atomic E-state index is 1.09. The predicted octanol–water partition coefficient (Wildman–Crippen LogP) is 7.75. The van der Waals surface area contributed by atoms with Gasteiger partial charge in [-0.1, -0.05) is 75.4 Å². The Labute approximate surface area is 150 Å². The van der Waals surface area contributed by atoms with Crippen molar-refractivity contribution in [1.82, 2.24) is 0 Å². The Bertz CT molecular complexity index is 817. The molecule has 0 radical (unpaired) electrons. The number of rotatable bonds is 4. The van der Waals surface area contributed by atoms with E-state index in [-0.39, 0.29) is 0 Å². The molecule has 0 saturated carbocycles. The summed E-state index contributed by atoms with van der Waals surface area (Å²) in [6.07, 6.45) is 9.45. The highest BCUT2D eigenvalue weighted by Crippen LogP contribution is 2.31. The number of thiophene rings is 1. The standard InChI is InChI=1S/C21H20S.C2H6/c1-3-5-6-7-20-14-19-13-12-18(15-21(19)22-20)17-10-8-16(4-2)9-11-17;1-2/h3,5-15H,4H2,1-2H3;1-2H3/b5-3-,7-6-;. The monoisotopic (exact) mass is 334 g/mol. The van der Waals surface area contributed by atoms with Crippen LogP contribution in [0.5, 0.6) is 0 Å². The molecule has 0 atom stereocenters. The molecule has 0 N–H and O–H groups in total. The number of hydrogen-bond acceptors (Lipinski definition) is 1. The van der Waals surface area contributed by atoms with Crippen molar-refractivity contribution in [1.29, 1.82) is 0 Å². The van der Waals surface area contributed by atoms with Gasteiger partial charge in [-0.25, -0.2) is 0 Å². The molecular formula is C23H26S. The largest absolute Gasteiger partial charge is 0.136 e. The van der Waals surface area contributed by atoms with E-state index in [2.05, 4.69) is 73.7 Å². The second kappa shape index (κ2) is 9.24. The van der Waals surface area contributed by atoms with E-state index in [1.807, 2.05) is 38.2 Å². The molecule has 0 aliphatic carbocycles. The lowest BCUT2D eigenvalue weighted by Crippen LogP contribution is -1.81. The first kappa shape index (κ1) is 18.2. The van der Waals surface area contributed by atoms with Crippen LogP contribution in [-0.4, -0.2) is 0 Å². The van der Waals surface area contributed by atoms with Crippen molar-refractivity contribution in [2.75, 3.05) is 0 Å². The highest BCUT2D eigenvalue weighted by molar-refractivity contribution is 7.19. The van der Waals surface area contributed by atoms with E-state index in [0.717, 1.165) is 6.42 Å². The van der Waals surface area contributed by atoms with E-state index in [1.165, 1.54) is 31.7 Å². The van der Waals surface area contributed by atoms with Gasteiger partial charge in [-0.2, -0.15) is 0 Å². The van der Waals surface area contributed by atoms with Crippen LogP contribution in [0, 0.1) is 0 Å². The molecule has 0 bridgehead atoms. The van der Waals surface area contributed by atoms with Crippen LogP contribution in [0.2, 0.25) is 0 Å². The first-order chi connectivity index (χ1) is 11.8. The maximum absolute atomic E-state index is 2.30. The minimum absolute atomic E-state index is 1.09. The molecule has 0 fully saturated rings. The fourth-order valence-corrected chi connectivity index (χ4v) is 3.52. The molecule has 0 spiro atoms. The van der Waals surface area contributed by atoms with Gasteiger partial charge in [0, 0.05) is 9.58 Å². The van der Waals surface area contributed by atoms with E-state index in [0.29, 0.717) is 0 Å². The predicted molar refractivity (Wildman–Crippen MR) is 112 cm³/mol. The molecule has 1 aromatic heterocycles. The van der Waals surface area contributed by atoms with E-state index in [1.54, 1.807) is 0 Å². The molecule has 3 aromatic rings. The zero-order valence-corrected chi connectivity index (χ0v) is 15.9. The molecule has 0 aliphatic heterocycles. The molecule has 124 valence electrons. The van der Waals surface area contributed by atoms with Gasteiger partial charge in [0.05, 0.1) is 0 Å². The molecule has 0 amide bonds. The third-order valence-corrected chi connectivity index (χ3v) is 4.86. The van der Waals surface area contributed by atoms with Gasteiger partial charge in [-0.05, 0) is 53.6 Å². The number of benzene rings is 2. The second-order valence-electron chi connectivity index (χ2n) is 5.34. The van der Waals surface area contributed by atoms with Crippen molar-refractivity contribution in [3.05, 3.63) is 77.2 Å². The normalized spacial score (nSPS) is 11.2. The van der Waals surface area contributed by atoms with Gasteiger partial charge in [-0.3, -0.25) is 0 Å². The quantitative estimate of drug-likeness (QED) is 0.428. The molecule has 0 nitrogen and oxygen atoms in total. The lowest BCUT2D eigenvalue weighted by molar-refractivity contribution is 1.14. The number of fused-ring (bicyclic) bond motifs is 1. The van der Waals surface area contributed by atoms with E-state index in [4.69, 9.17) is 0 Å². The van der Waals surface area contributed by atoms with Crippen molar-refractivity contribution in [3.8, 4) is 11.1 Å². The Morgan fingerprint density at radius 2 is 1.58 bits per heavy atom. The summed E-state index contributed by atoms with van der Waals surface area (Å²) in [6.45, 7) is 8.22. The zero-order valence-electron chi connectivity index (χ0n) is 15.0. The maximum Gasteiger partial charge on any atom is 0.0355 e. The minimum Gasteiger partial charge on any atom is -0.136 e. The average molecular weight is 335 g/mol. The van der Waals surface area contributed by atoms with E-state index >= 15 is 0 Å². The highest BCUT2D eigenvalue weighted by Gasteiger charge is 2.03. The topological polar surface area (TPSA) is 0 Å². The van der Waals surface area contributed by atoms with Gasteiger partial charge < -0.3 is 0 Å². The van der Waals surface area contributed by atoms with Gasteiger partial charge in [0.25, 0.3) is 0 Å². The molecule has 3 rings (SSSR count). The number of aryl methyl sites for hydroxylation is 1. The Hall–Kier alpha value is -2.12. The summed E-state index contributed by atoms with van der Waals surface area (Å²) in [5.74, 6) is 0. The molecule has 0 unspecified atom stereocenters.